The van der Waals surface area contributed by atoms with Crippen LogP contribution in [0.5, 0.6) is 17.2 Å². The van der Waals surface area contributed by atoms with Crippen LogP contribution in [0.2, 0.25) is 5.02 Å². The van der Waals surface area contributed by atoms with Crippen molar-refractivity contribution >= 4 is 62.6 Å². The Morgan fingerprint density at radius 3 is 2.53 bits per heavy atom. The molecule has 1 atom stereocenters. The molecule has 0 saturated heterocycles. The number of rotatable bonds is 13. The topological polar surface area (TPSA) is 158 Å². The number of hydrogen-bond donors (Lipinski definition) is 0. The van der Waals surface area contributed by atoms with Gasteiger partial charge in [-0.1, -0.05) is 47.2 Å². The van der Waals surface area contributed by atoms with Crippen molar-refractivity contribution in [2.24, 2.45) is 4.99 Å². The van der Waals surface area contributed by atoms with Gasteiger partial charge in [0.05, 0.1) is 51.6 Å². The van der Waals surface area contributed by atoms with Crippen molar-refractivity contribution in [3.8, 4) is 17.2 Å². The van der Waals surface area contributed by atoms with Crippen molar-refractivity contribution < 1.29 is 38.2 Å². The molecular formula is C35H31BrClN3O10S. The fourth-order valence-electron chi connectivity index (χ4n) is 5.26. The number of carbonyl (C=O) groups is 2. The number of allylic oxidation sites excluding steroid dienone is 1. The molecule has 0 amide bonds. The van der Waals surface area contributed by atoms with E-state index in [-0.39, 0.29) is 59.5 Å². The van der Waals surface area contributed by atoms with Gasteiger partial charge in [-0.2, -0.15) is 0 Å². The number of benzene rings is 3. The van der Waals surface area contributed by atoms with Gasteiger partial charge in [0.1, 0.15) is 6.61 Å². The fourth-order valence-corrected chi connectivity index (χ4v) is 7.08. The lowest BCUT2D eigenvalue weighted by Gasteiger charge is -2.25. The van der Waals surface area contributed by atoms with Crippen molar-refractivity contribution in [3.63, 3.8) is 0 Å². The van der Waals surface area contributed by atoms with Gasteiger partial charge in [0.2, 0.25) is 5.75 Å². The van der Waals surface area contributed by atoms with Gasteiger partial charge in [-0.15, -0.1) is 0 Å². The van der Waals surface area contributed by atoms with Gasteiger partial charge in [-0.05, 0) is 78.2 Å². The number of thiazole rings is 1. The molecule has 1 aromatic heterocycles. The average molecular weight is 801 g/mol. The van der Waals surface area contributed by atoms with Gasteiger partial charge >= 0.3 is 17.6 Å². The van der Waals surface area contributed by atoms with Crippen LogP contribution in [0.15, 0.2) is 80.1 Å². The normalized spacial score (nSPS) is 14.0. The standard InChI is InChI=1S/C35H31BrClN3O10S/c1-5-47-27-16-21(11-12-26(27)49-18-29(41)46-4)31-30(34(43)48-6-2)19(3)38-35-39(31)33(42)28(51-35)15-20-13-23(36)32(25(14-20)40(44)45)50-17-22-9-7-8-10-24(22)37/h7-16,31H,5-6,17-18H2,1-4H3/b28-15+/t31-/m0/s1. The Balaban J connectivity index is 1.61. The molecule has 0 fully saturated rings. The molecule has 4 aromatic rings. The second-order valence-corrected chi connectivity index (χ2v) is 13.1. The molecular weight excluding hydrogens is 770 g/mol. The predicted octanol–water partition coefficient (Wildman–Crippen LogP) is 5.65. The number of methoxy groups -OCH3 is 1. The molecule has 0 unspecified atom stereocenters. The summed E-state index contributed by atoms with van der Waals surface area (Å²) in [5.41, 5.74) is 1.12. The molecule has 13 nitrogen and oxygen atoms in total. The van der Waals surface area contributed by atoms with E-state index in [9.17, 15) is 24.5 Å². The summed E-state index contributed by atoms with van der Waals surface area (Å²) in [5.74, 6) is -0.726. The number of ether oxygens (including phenoxy) is 5. The number of nitro groups is 1. The van der Waals surface area contributed by atoms with E-state index >= 15 is 0 Å². The number of fused-ring (bicyclic) bond motifs is 1. The van der Waals surface area contributed by atoms with Crippen LogP contribution in [0.1, 0.15) is 43.5 Å². The molecule has 1 aliphatic heterocycles. The number of nitro benzene ring substituents is 1. The number of hydrogen-bond acceptors (Lipinski definition) is 12. The third-order valence-electron chi connectivity index (χ3n) is 7.54. The van der Waals surface area contributed by atoms with Gasteiger partial charge < -0.3 is 23.7 Å². The molecule has 51 heavy (non-hydrogen) atoms. The lowest BCUT2D eigenvalue weighted by molar-refractivity contribution is -0.386. The molecule has 5 rings (SSSR count). The van der Waals surface area contributed by atoms with Crippen LogP contribution in [0.4, 0.5) is 5.69 Å². The van der Waals surface area contributed by atoms with Gasteiger partial charge in [0, 0.05) is 16.7 Å². The number of carbonyl (C=O) groups excluding carboxylic acids is 2. The largest absolute Gasteiger partial charge is 0.490 e. The Hall–Kier alpha value is -4.99. The van der Waals surface area contributed by atoms with Crippen LogP contribution >= 0.6 is 38.9 Å². The summed E-state index contributed by atoms with van der Waals surface area (Å²) in [6, 6.07) is 13.8. The van der Waals surface area contributed by atoms with Gasteiger partial charge in [-0.3, -0.25) is 19.5 Å². The maximum absolute atomic E-state index is 14.2. The summed E-state index contributed by atoms with van der Waals surface area (Å²) < 4.78 is 29.2. The summed E-state index contributed by atoms with van der Waals surface area (Å²) in [5, 5.41) is 12.6. The van der Waals surface area contributed by atoms with Gasteiger partial charge in [0.15, 0.2) is 22.9 Å². The highest BCUT2D eigenvalue weighted by molar-refractivity contribution is 9.10. The summed E-state index contributed by atoms with van der Waals surface area (Å²) in [7, 11) is 1.24. The Labute approximate surface area is 308 Å². The van der Waals surface area contributed by atoms with Crippen molar-refractivity contribution in [1.29, 1.82) is 0 Å². The van der Waals surface area contributed by atoms with E-state index in [1.807, 2.05) is 0 Å². The molecule has 0 saturated carbocycles. The summed E-state index contributed by atoms with van der Waals surface area (Å²) in [6.07, 6.45) is 1.51. The third kappa shape index (κ3) is 8.16. The van der Waals surface area contributed by atoms with Crippen LogP contribution in [0.25, 0.3) is 6.08 Å². The molecule has 0 N–H and O–H groups in total. The molecule has 0 bridgehead atoms. The van der Waals surface area contributed by atoms with E-state index in [1.165, 1.54) is 23.8 Å². The zero-order chi connectivity index (χ0) is 36.8. The maximum Gasteiger partial charge on any atom is 0.343 e. The highest BCUT2D eigenvalue weighted by Crippen LogP contribution is 2.38. The number of aromatic nitrogens is 1. The smallest absolute Gasteiger partial charge is 0.343 e. The minimum absolute atomic E-state index is 0.00246. The second-order valence-electron chi connectivity index (χ2n) is 10.8. The third-order valence-corrected chi connectivity index (χ3v) is 9.48. The Bertz CT molecular complexity index is 2230. The van der Waals surface area contributed by atoms with Gasteiger partial charge in [0.25, 0.3) is 5.56 Å². The Kier molecular flexibility index (Phi) is 12.0. The lowest BCUT2D eigenvalue weighted by atomic mass is 9.95. The first-order chi connectivity index (χ1) is 24.5. The molecule has 2 heterocycles. The van der Waals surface area contributed by atoms with Crippen LogP contribution < -0.4 is 29.1 Å². The Morgan fingerprint density at radius 2 is 1.84 bits per heavy atom. The second kappa shape index (κ2) is 16.4. The predicted molar refractivity (Wildman–Crippen MR) is 192 cm³/mol. The zero-order valence-corrected chi connectivity index (χ0v) is 30.9. The highest BCUT2D eigenvalue weighted by Gasteiger charge is 2.34. The van der Waals surface area contributed by atoms with Crippen LogP contribution in [0.3, 0.4) is 0 Å². The minimum atomic E-state index is -0.988. The van der Waals surface area contributed by atoms with E-state index in [0.717, 1.165) is 11.3 Å². The van der Waals surface area contributed by atoms with Crippen LogP contribution in [-0.4, -0.2) is 48.4 Å². The van der Waals surface area contributed by atoms with Crippen LogP contribution in [0, 0.1) is 10.1 Å². The summed E-state index contributed by atoms with van der Waals surface area (Å²) in [4.78, 5) is 55.8. The fraction of sp³-hybridized carbons (Fsp3) is 0.257. The maximum atomic E-state index is 14.2. The van der Waals surface area contributed by atoms with E-state index in [1.54, 1.807) is 69.3 Å². The summed E-state index contributed by atoms with van der Waals surface area (Å²) >= 11 is 10.7. The molecule has 0 aliphatic carbocycles. The lowest BCUT2D eigenvalue weighted by Crippen LogP contribution is -2.40. The highest BCUT2D eigenvalue weighted by atomic mass is 79.9. The van der Waals surface area contributed by atoms with Crippen molar-refractivity contribution in [2.45, 2.75) is 33.4 Å². The van der Waals surface area contributed by atoms with Gasteiger partial charge in [-0.25, -0.2) is 14.6 Å². The van der Waals surface area contributed by atoms with E-state index < -0.39 is 28.5 Å². The first-order valence-corrected chi connectivity index (χ1v) is 17.5. The average Bonchev–Trinajstić information content (AvgIpc) is 3.40. The summed E-state index contributed by atoms with van der Waals surface area (Å²) in [6.45, 7) is 5.06. The molecule has 1 aliphatic rings. The van der Waals surface area contributed by atoms with Crippen molar-refractivity contribution in [2.75, 3.05) is 26.9 Å². The molecule has 16 heteroatoms. The quantitative estimate of drug-likeness (QED) is 0.0940. The number of nitrogens with zero attached hydrogens (tertiary/aromatic N) is 3. The minimum Gasteiger partial charge on any atom is -0.490 e. The number of halogens is 2. The number of esters is 2. The first kappa shape index (κ1) is 37.3. The van der Waals surface area contributed by atoms with Crippen molar-refractivity contribution in [3.05, 3.63) is 122 Å². The molecule has 266 valence electrons. The SMILES string of the molecule is CCOC(=O)C1=C(C)N=c2s/c(=C/c3cc(Br)c(OCc4ccccc4Cl)c([N+](=O)[O-])c3)c(=O)n2[C@H]1c1ccc(OCC(=O)OC)c(OCC)c1. The molecule has 0 spiro atoms. The van der Waals surface area contributed by atoms with E-state index in [4.69, 9.17) is 30.5 Å². The van der Waals surface area contributed by atoms with E-state index in [0.29, 0.717) is 36.7 Å². The first-order valence-electron chi connectivity index (χ1n) is 15.5. The zero-order valence-electron chi connectivity index (χ0n) is 27.8. The van der Waals surface area contributed by atoms with E-state index in [2.05, 4.69) is 25.7 Å². The van der Waals surface area contributed by atoms with Crippen LogP contribution in [-0.2, 0) is 25.7 Å². The molecule has 0 radical (unpaired) electrons. The molecule has 3 aromatic carbocycles. The van der Waals surface area contributed by atoms with Crippen molar-refractivity contribution in [1.82, 2.24) is 4.57 Å². The monoisotopic (exact) mass is 799 g/mol. The Morgan fingerprint density at radius 1 is 1.08 bits per heavy atom.